The van der Waals surface area contributed by atoms with Crippen molar-refractivity contribution in [3.8, 4) is 5.75 Å². The first-order chi connectivity index (χ1) is 16.0. The quantitative estimate of drug-likeness (QED) is 0.454. The van der Waals surface area contributed by atoms with E-state index in [9.17, 15) is 5.11 Å². The van der Waals surface area contributed by atoms with Gasteiger partial charge in [-0.25, -0.2) is 0 Å². The smallest absolute Gasteiger partial charge is 0.145 e. The third-order valence-corrected chi connectivity index (χ3v) is 5.76. The molecule has 0 spiro atoms. The van der Waals surface area contributed by atoms with Gasteiger partial charge in [-0.2, -0.15) is 0 Å². The first kappa shape index (κ1) is 23.3. The van der Waals surface area contributed by atoms with Gasteiger partial charge in [0.25, 0.3) is 0 Å². The van der Waals surface area contributed by atoms with Gasteiger partial charge in [-0.1, -0.05) is 76.9 Å². The van der Waals surface area contributed by atoms with Gasteiger partial charge in [0, 0.05) is 31.1 Å². The second-order valence-corrected chi connectivity index (χ2v) is 8.87. The summed E-state index contributed by atoms with van der Waals surface area (Å²) in [6, 6.07) is 25.6. The number of ether oxygens (including phenoxy) is 1. The van der Waals surface area contributed by atoms with Crippen molar-refractivity contribution in [2.45, 2.75) is 32.1 Å². The van der Waals surface area contributed by atoms with E-state index < -0.39 is 6.10 Å². The lowest BCUT2D eigenvalue weighted by Crippen LogP contribution is -2.39. The second kappa shape index (κ2) is 11.3. The minimum Gasteiger partial charge on any atom is -0.491 e. The van der Waals surface area contributed by atoms with Crippen LogP contribution in [-0.4, -0.2) is 47.6 Å². The van der Waals surface area contributed by atoms with E-state index in [1.54, 1.807) is 0 Å². The Bertz CT molecular complexity index is 1060. The topological polar surface area (TPSA) is 54.3 Å². The number of hydrogen-bond acceptors (Lipinski definition) is 5. The van der Waals surface area contributed by atoms with Crippen LogP contribution >= 0.6 is 11.6 Å². The Hall–Kier alpha value is -2.86. The Labute approximate surface area is 200 Å². The van der Waals surface area contributed by atoms with Crippen molar-refractivity contribution >= 4 is 17.3 Å². The van der Waals surface area contributed by atoms with E-state index in [1.165, 1.54) is 5.56 Å². The number of halogens is 1. The first-order valence-electron chi connectivity index (χ1n) is 11.2. The second-order valence-electron chi connectivity index (χ2n) is 8.44. The van der Waals surface area contributed by atoms with Crippen molar-refractivity contribution in [3.05, 3.63) is 101 Å². The molecule has 172 valence electrons. The fourth-order valence-electron chi connectivity index (χ4n) is 3.89. The van der Waals surface area contributed by atoms with Crippen molar-refractivity contribution in [1.29, 1.82) is 0 Å². The zero-order valence-corrected chi connectivity index (χ0v) is 19.5. The Balaban J connectivity index is 1.37. The van der Waals surface area contributed by atoms with E-state index in [1.807, 2.05) is 54.6 Å². The van der Waals surface area contributed by atoms with Crippen LogP contribution in [0.25, 0.3) is 0 Å². The van der Waals surface area contributed by atoms with Gasteiger partial charge >= 0.3 is 0 Å². The molecular weight excluding hydrogens is 436 g/mol. The number of para-hydroxylation sites is 1. The average molecular weight is 465 g/mol. The van der Waals surface area contributed by atoms with E-state index in [0.717, 1.165) is 29.0 Å². The number of hydrogen-bond donors (Lipinski definition) is 1. The molecule has 1 aliphatic rings. The van der Waals surface area contributed by atoms with Crippen molar-refractivity contribution in [3.63, 3.8) is 0 Å². The van der Waals surface area contributed by atoms with Crippen LogP contribution in [0.1, 0.15) is 23.1 Å². The number of rotatable bonds is 10. The predicted octanol–water partition coefficient (Wildman–Crippen LogP) is 5.08. The van der Waals surface area contributed by atoms with E-state index >= 15 is 0 Å². The lowest BCUT2D eigenvalue weighted by Gasteiger charge is -2.27. The molecule has 1 aliphatic heterocycles. The summed E-state index contributed by atoms with van der Waals surface area (Å²) >= 11 is 6.19. The van der Waals surface area contributed by atoms with Crippen LogP contribution < -0.4 is 4.74 Å². The molecule has 2 atom stereocenters. The fourth-order valence-corrected chi connectivity index (χ4v) is 4.10. The maximum atomic E-state index is 10.7. The minimum atomic E-state index is -0.650. The molecular formula is C27H29ClN2O3. The molecule has 0 unspecified atom stereocenters. The molecule has 0 radical (unpaired) electrons. The van der Waals surface area contributed by atoms with Crippen molar-refractivity contribution in [2.24, 2.45) is 5.16 Å². The molecule has 1 N–H and O–H groups in total. The number of oxime groups is 1. The van der Waals surface area contributed by atoms with Crippen LogP contribution in [0.3, 0.4) is 0 Å². The third-order valence-electron chi connectivity index (χ3n) is 5.53. The van der Waals surface area contributed by atoms with Crippen molar-refractivity contribution in [2.75, 3.05) is 19.7 Å². The number of nitrogens with zero attached hydrogens (tertiary/aromatic N) is 2. The van der Waals surface area contributed by atoms with Crippen LogP contribution in [0.5, 0.6) is 5.75 Å². The van der Waals surface area contributed by atoms with Gasteiger partial charge in [0.1, 0.15) is 24.6 Å². The van der Waals surface area contributed by atoms with Gasteiger partial charge in [-0.15, -0.1) is 0 Å². The first-order valence-corrected chi connectivity index (χ1v) is 11.6. The Morgan fingerprint density at radius 2 is 1.88 bits per heavy atom. The summed E-state index contributed by atoms with van der Waals surface area (Å²) in [5.41, 5.74) is 4.34. The summed E-state index contributed by atoms with van der Waals surface area (Å²) < 4.78 is 5.74. The number of aliphatic hydroxyl groups excluding tert-OH is 1. The molecule has 0 aliphatic carbocycles. The van der Waals surface area contributed by atoms with Crippen LogP contribution in [0.4, 0.5) is 0 Å². The molecule has 0 fully saturated rings. The molecule has 3 aromatic carbocycles. The van der Waals surface area contributed by atoms with Crippen LogP contribution in [0.2, 0.25) is 5.02 Å². The molecule has 0 bridgehead atoms. The van der Waals surface area contributed by atoms with E-state index in [0.29, 0.717) is 24.7 Å². The standard InChI is InChI=1S/C27H29ClN2O3/c1-20-10-12-22(13-11-20)27-15-26(33-29-27)18-30(16-21-6-5-7-23(28)14-21)17-24(31)19-32-25-8-3-2-4-9-25/h2-14,24,26,31H,15-19H2,1H3/t24-,26+/m1/s1. The molecule has 0 aromatic heterocycles. The largest absolute Gasteiger partial charge is 0.491 e. The highest BCUT2D eigenvalue weighted by Gasteiger charge is 2.26. The molecule has 0 saturated carbocycles. The summed E-state index contributed by atoms with van der Waals surface area (Å²) in [7, 11) is 0. The summed E-state index contributed by atoms with van der Waals surface area (Å²) in [5.74, 6) is 0.744. The molecule has 1 heterocycles. The molecule has 6 heteroatoms. The molecule has 0 saturated heterocycles. The highest BCUT2D eigenvalue weighted by Crippen LogP contribution is 2.20. The van der Waals surface area contributed by atoms with Crippen LogP contribution in [-0.2, 0) is 11.4 Å². The summed E-state index contributed by atoms with van der Waals surface area (Å²) in [5, 5.41) is 15.7. The third kappa shape index (κ3) is 7.06. The predicted molar refractivity (Wildman–Crippen MR) is 132 cm³/mol. The maximum Gasteiger partial charge on any atom is 0.145 e. The van der Waals surface area contributed by atoms with Crippen LogP contribution in [0, 0.1) is 6.92 Å². The Kier molecular flexibility index (Phi) is 8.00. The SMILES string of the molecule is Cc1ccc(C2=NO[C@H](CN(Cc3cccc(Cl)c3)C[C@@H](O)COc3ccccc3)C2)cc1. The highest BCUT2D eigenvalue weighted by molar-refractivity contribution is 6.30. The minimum absolute atomic E-state index is 0.0808. The van der Waals surface area contributed by atoms with Crippen molar-refractivity contribution < 1.29 is 14.7 Å². The van der Waals surface area contributed by atoms with E-state index in [4.69, 9.17) is 21.2 Å². The zero-order valence-electron chi connectivity index (χ0n) is 18.7. The monoisotopic (exact) mass is 464 g/mol. The molecule has 33 heavy (non-hydrogen) atoms. The van der Waals surface area contributed by atoms with Gasteiger partial charge in [-0.05, 0) is 42.3 Å². The summed E-state index contributed by atoms with van der Waals surface area (Å²) in [6.07, 6.45) is -0.00265. The number of aryl methyl sites for hydroxylation is 1. The molecule has 4 rings (SSSR count). The summed E-state index contributed by atoms with van der Waals surface area (Å²) in [4.78, 5) is 7.93. The van der Waals surface area contributed by atoms with E-state index in [-0.39, 0.29) is 12.7 Å². The molecule has 3 aromatic rings. The normalized spacial score (nSPS) is 16.4. The van der Waals surface area contributed by atoms with Gasteiger partial charge in [0.05, 0.1) is 5.71 Å². The van der Waals surface area contributed by atoms with Gasteiger partial charge < -0.3 is 14.7 Å². The number of benzene rings is 3. The summed E-state index contributed by atoms with van der Waals surface area (Å²) in [6.45, 7) is 4.00. The molecule has 5 nitrogen and oxygen atoms in total. The van der Waals surface area contributed by atoms with Crippen LogP contribution in [0.15, 0.2) is 84.0 Å². The maximum absolute atomic E-state index is 10.7. The average Bonchev–Trinajstić information content (AvgIpc) is 3.27. The van der Waals surface area contributed by atoms with Crippen molar-refractivity contribution in [1.82, 2.24) is 4.90 Å². The lowest BCUT2D eigenvalue weighted by molar-refractivity contribution is 0.0213. The Morgan fingerprint density at radius 3 is 2.64 bits per heavy atom. The van der Waals surface area contributed by atoms with Gasteiger partial charge in [0.15, 0.2) is 0 Å². The van der Waals surface area contributed by atoms with E-state index in [2.05, 4.69) is 41.2 Å². The zero-order chi connectivity index (χ0) is 23.0. The molecule has 0 amide bonds. The fraction of sp³-hybridized carbons (Fsp3) is 0.296. The van der Waals surface area contributed by atoms with Gasteiger partial charge in [0.2, 0.25) is 0 Å². The lowest BCUT2D eigenvalue weighted by atomic mass is 10.0. The Morgan fingerprint density at radius 1 is 1.09 bits per heavy atom. The highest BCUT2D eigenvalue weighted by atomic mass is 35.5. The van der Waals surface area contributed by atoms with Gasteiger partial charge in [-0.3, -0.25) is 4.90 Å². The number of aliphatic hydroxyl groups is 1.